The van der Waals surface area contributed by atoms with Crippen molar-refractivity contribution >= 4 is 41.5 Å². The fourth-order valence-electron chi connectivity index (χ4n) is 2.95. The number of nitrogens with zero attached hydrogens (tertiary/aromatic N) is 4. The number of aliphatic imine (C=N–C) groups is 1. The van der Waals surface area contributed by atoms with Crippen molar-refractivity contribution in [3.63, 3.8) is 0 Å². The van der Waals surface area contributed by atoms with E-state index in [1.807, 2.05) is 19.2 Å². The number of nitrogens with one attached hydrogen (secondary N) is 1. The summed E-state index contributed by atoms with van der Waals surface area (Å²) in [6, 6.07) is 8.46. The first kappa shape index (κ1) is 22.5. The Morgan fingerprint density at radius 1 is 1.24 bits per heavy atom. The maximum atomic E-state index is 5.95. The van der Waals surface area contributed by atoms with Crippen LogP contribution in [0.4, 0.5) is 0 Å². The maximum Gasteiger partial charge on any atom is 0.193 e. The molecular formula is C18H31ClIN5. The van der Waals surface area contributed by atoms with E-state index < -0.39 is 0 Å². The molecule has 142 valence electrons. The van der Waals surface area contributed by atoms with Crippen molar-refractivity contribution in [1.82, 2.24) is 20.0 Å². The van der Waals surface area contributed by atoms with Gasteiger partial charge in [0.1, 0.15) is 0 Å². The molecule has 1 aliphatic heterocycles. The Morgan fingerprint density at radius 2 is 1.84 bits per heavy atom. The molecule has 1 unspecified atom stereocenters. The van der Waals surface area contributed by atoms with Crippen molar-refractivity contribution in [2.24, 2.45) is 4.99 Å². The van der Waals surface area contributed by atoms with Gasteiger partial charge in [0.2, 0.25) is 0 Å². The van der Waals surface area contributed by atoms with Gasteiger partial charge in [0.05, 0.1) is 0 Å². The van der Waals surface area contributed by atoms with Crippen LogP contribution >= 0.6 is 35.6 Å². The van der Waals surface area contributed by atoms with Crippen LogP contribution in [0.2, 0.25) is 5.02 Å². The van der Waals surface area contributed by atoms with E-state index >= 15 is 0 Å². The first-order chi connectivity index (χ1) is 11.5. The molecule has 1 atom stereocenters. The van der Waals surface area contributed by atoms with Gasteiger partial charge >= 0.3 is 0 Å². The Kier molecular flexibility index (Phi) is 10.1. The van der Waals surface area contributed by atoms with Crippen molar-refractivity contribution in [3.8, 4) is 0 Å². The second-order valence-electron chi connectivity index (χ2n) is 6.60. The number of halogens is 2. The van der Waals surface area contributed by atoms with E-state index in [0.29, 0.717) is 6.04 Å². The molecule has 7 heteroatoms. The average Bonchev–Trinajstić information content (AvgIpc) is 2.58. The Hall–Kier alpha value is -0.570. The zero-order valence-corrected chi connectivity index (χ0v) is 18.8. The monoisotopic (exact) mass is 479 g/mol. The lowest BCUT2D eigenvalue weighted by Gasteiger charge is -2.37. The molecular weight excluding hydrogens is 449 g/mol. The topological polar surface area (TPSA) is 34.1 Å². The highest BCUT2D eigenvalue weighted by Crippen LogP contribution is 2.11. The third-order valence-electron chi connectivity index (χ3n) is 4.62. The van der Waals surface area contributed by atoms with Crippen molar-refractivity contribution in [2.75, 3.05) is 53.9 Å². The number of piperazine rings is 1. The van der Waals surface area contributed by atoms with Crippen LogP contribution < -0.4 is 5.32 Å². The molecule has 1 aliphatic rings. The minimum Gasteiger partial charge on any atom is -0.355 e. The predicted octanol–water partition coefficient (Wildman–Crippen LogP) is 2.60. The van der Waals surface area contributed by atoms with Crippen molar-refractivity contribution in [1.29, 1.82) is 0 Å². The second-order valence-corrected chi connectivity index (χ2v) is 7.04. The quantitative estimate of drug-likeness (QED) is 0.400. The molecule has 0 aromatic heterocycles. The summed E-state index contributed by atoms with van der Waals surface area (Å²) in [6.45, 7) is 8.56. The van der Waals surface area contributed by atoms with Crippen LogP contribution in [0, 0.1) is 0 Å². The van der Waals surface area contributed by atoms with Crippen LogP contribution in [-0.2, 0) is 6.54 Å². The average molecular weight is 480 g/mol. The van der Waals surface area contributed by atoms with Gasteiger partial charge in [-0.15, -0.1) is 24.0 Å². The molecule has 0 saturated carbocycles. The molecule has 1 aromatic carbocycles. The number of rotatable bonds is 5. The summed E-state index contributed by atoms with van der Waals surface area (Å²) in [7, 11) is 6.08. The fraction of sp³-hybridized carbons (Fsp3) is 0.611. The summed E-state index contributed by atoms with van der Waals surface area (Å²) >= 11 is 5.95. The van der Waals surface area contributed by atoms with Crippen molar-refractivity contribution in [2.45, 2.75) is 19.5 Å². The van der Waals surface area contributed by atoms with Crippen LogP contribution in [0.15, 0.2) is 29.3 Å². The lowest BCUT2D eigenvalue weighted by atomic mass is 10.2. The number of guanidine groups is 1. The zero-order chi connectivity index (χ0) is 17.5. The van der Waals surface area contributed by atoms with Crippen molar-refractivity contribution in [3.05, 3.63) is 34.9 Å². The first-order valence-electron chi connectivity index (χ1n) is 8.58. The SMILES string of the molecule is CN=C(NCC(C)N1CCN(C)CC1)N(C)Cc1ccc(Cl)cc1.I. The molecule has 25 heavy (non-hydrogen) atoms. The van der Waals surface area contributed by atoms with Gasteiger partial charge in [0.25, 0.3) is 0 Å². The Balaban J connectivity index is 0.00000312. The van der Waals surface area contributed by atoms with Gasteiger partial charge in [0, 0.05) is 64.4 Å². The molecule has 1 fully saturated rings. The highest BCUT2D eigenvalue weighted by atomic mass is 127. The van der Waals surface area contributed by atoms with Gasteiger partial charge in [-0.25, -0.2) is 0 Å². The second kappa shape index (κ2) is 11.2. The van der Waals surface area contributed by atoms with Crippen LogP contribution in [0.25, 0.3) is 0 Å². The molecule has 1 aromatic rings. The highest BCUT2D eigenvalue weighted by molar-refractivity contribution is 14.0. The van der Waals surface area contributed by atoms with Crippen LogP contribution in [-0.4, -0.2) is 80.6 Å². The molecule has 0 radical (unpaired) electrons. The molecule has 1 heterocycles. The van der Waals surface area contributed by atoms with Gasteiger partial charge < -0.3 is 15.1 Å². The third kappa shape index (κ3) is 7.29. The summed E-state index contributed by atoms with van der Waals surface area (Å²) < 4.78 is 0. The number of hydrogen-bond acceptors (Lipinski definition) is 3. The molecule has 0 bridgehead atoms. The third-order valence-corrected chi connectivity index (χ3v) is 4.88. The molecule has 5 nitrogen and oxygen atoms in total. The van der Waals surface area contributed by atoms with E-state index in [4.69, 9.17) is 11.6 Å². The Labute approximate surface area is 174 Å². The lowest BCUT2D eigenvalue weighted by Crippen LogP contribution is -2.52. The molecule has 1 N–H and O–H groups in total. The van der Waals surface area contributed by atoms with Gasteiger partial charge in [0.15, 0.2) is 5.96 Å². The summed E-state index contributed by atoms with van der Waals surface area (Å²) in [4.78, 5) is 11.5. The minimum atomic E-state index is 0. The largest absolute Gasteiger partial charge is 0.355 e. The normalized spacial score (nSPS) is 17.7. The lowest BCUT2D eigenvalue weighted by molar-refractivity contribution is 0.119. The summed E-state index contributed by atoms with van der Waals surface area (Å²) in [5.41, 5.74) is 1.22. The first-order valence-corrected chi connectivity index (χ1v) is 8.96. The van der Waals surface area contributed by atoms with E-state index in [9.17, 15) is 0 Å². The number of hydrogen-bond donors (Lipinski definition) is 1. The van der Waals surface area contributed by atoms with Crippen LogP contribution in [0.3, 0.4) is 0 Å². The minimum absolute atomic E-state index is 0. The van der Waals surface area contributed by atoms with E-state index in [-0.39, 0.29) is 24.0 Å². The Bertz CT molecular complexity index is 529. The van der Waals surface area contributed by atoms with E-state index in [1.165, 1.54) is 5.56 Å². The summed E-state index contributed by atoms with van der Waals surface area (Å²) in [6.07, 6.45) is 0. The van der Waals surface area contributed by atoms with Crippen LogP contribution in [0.1, 0.15) is 12.5 Å². The predicted molar refractivity (Wildman–Crippen MR) is 118 cm³/mol. The van der Waals surface area contributed by atoms with Crippen LogP contribution in [0.5, 0.6) is 0 Å². The van der Waals surface area contributed by atoms with E-state index in [0.717, 1.165) is 50.3 Å². The molecule has 0 aliphatic carbocycles. The molecule has 1 saturated heterocycles. The zero-order valence-electron chi connectivity index (χ0n) is 15.7. The standard InChI is InChI=1S/C18H30ClN5.HI/c1-15(24-11-9-22(3)10-12-24)13-21-18(20-2)23(4)14-16-5-7-17(19)8-6-16;/h5-8,15H,9-14H2,1-4H3,(H,20,21);1H. The number of benzene rings is 1. The van der Waals surface area contributed by atoms with E-state index in [2.05, 4.69) is 58.2 Å². The maximum absolute atomic E-state index is 5.95. The van der Waals surface area contributed by atoms with Gasteiger partial charge in [-0.3, -0.25) is 9.89 Å². The van der Waals surface area contributed by atoms with E-state index in [1.54, 1.807) is 0 Å². The number of likely N-dealkylation sites (N-methyl/N-ethyl adjacent to an activating group) is 1. The molecule has 0 spiro atoms. The van der Waals surface area contributed by atoms with Gasteiger partial charge in [-0.1, -0.05) is 23.7 Å². The van der Waals surface area contributed by atoms with Gasteiger partial charge in [-0.05, 0) is 31.7 Å². The fourth-order valence-corrected chi connectivity index (χ4v) is 3.08. The molecule has 0 amide bonds. The van der Waals surface area contributed by atoms with Crippen molar-refractivity contribution < 1.29 is 0 Å². The summed E-state index contributed by atoms with van der Waals surface area (Å²) in [5.74, 6) is 0.922. The smallest absolute Gasteiger partial charge is 0.193 e. The molecule has 2 rings (SSSR count). The summed E-state index contributed by atoms with van der Waals surface area (Å²) in [5, 5.41) is 4.27. The highest BCUT2D eigenvalue weighted by Gasteiger charge is 2.19. The Morgan fingerprint density at radius 3 is 2.40 bits per heavy atom. The van der Waals surface area contributed by atoms with Gasteiger partial charge in [-0.2, -0.15) is 0 Å².